The molecule has 3 aliphatic heterocycles. The second-order valence-corrected chi connectivity index (χ2v) is 10.6. The quantitative estimate of drug-likeness (QED) is 0.545. The van der Waals surface area contributed by atoms with Gasteiger partial charge in [0.15, 0.2) is 0 Å². The molecule has 0 saturated carbocycles. The first kappa shape index (κ1) is 22.3. The van der Waals surface area contributed by atoms with Gasteiger partial charge in [-0.15, -0.1) is 11.3 Å². The van der Waals surface area contributed by atoms with Gasteiger partial charge in [0.25, 0.3) is 5.91 Å². The highest BCUT2D eigenvalue weighted by Crippen LogP contribution is 2.37. The Balaban J connectivity index is 1.15. The normalized spacial score (nSPS) is 22.5. The summed E-state index contributed by atoms with van der Waals surface area (Å²) in [5.74, 6) is -0.907. The monoisotopic (exact) mass is 490 g/mol. The lowest BCUT2D eigenvalue weighted by Crippen LogP contribution is -2.52. The van der Waals surface area contributed by atoms with Crippen molar-refractivity contribution in [2.75, 3.05) is 13.1 Å². The zero-order chi connectivity index (χ0) is 24.2. The van der Waals surface area contributed by atoms with E-state index in [9.17, 15) is 19.5 Å². The Morgan fingerprint density at radius 3 is 2.77 bits per heavy atom. The van der Waals surface area contributed by atoms with Gasteiger partial charge in [0.1, 0.15) is 6.04 Å². The van der Waals surface area contributed by atoms with Crippen LogP contribution in [0.25, 0.3) is 10.2 Å². The Kier molecular flexibility index (Phi) is 5.43. The van der Waals surface area contributed by atoms with Crippen molar-refractivity contribution in [3.63, 3.8) is 0 Å². The van der Waals surface area contributed by atoms with Crippen molar-refractivity contribution in [1.29, 1.82) is 0 Å². The van der Waals surface area contributed by atoms with Gasteiger partial charge in [-0.3, -0.25) is 24.6 Å². The maximum absolute atomic E-state index is 13.0. The number of hydrogen-bond acceptors (Lipinski definition) is 7. The molecule has 4 heterocycles. The summed E-state index contributed by atoms with van der Waals surface area (Å²) in [6, 6.07) is 11.2. The third-order valence-corrected chi connectivity index (χ3v) is 8.38. The maximum atomic E-state index is 13.0. The molecule has 180 valence electrons. The Labute approximate surface area is 206 Å². The Bertz CT molecular complexity index is 1340. The number of piperidine rings is 2. The molecule has 3 aliphatic rings. The predicted octanol–water partition coefficient (Wildman–Crippen LogP) is 2.54. The van der Waals surface area contributed by atoms with Crippen LogP contribution in [-0.4, -0.2) is 56.7 Å². The van der Waals surface area contributed by atoms with Gasteiger partial charge in [-0.05, 0) is 48.1 Å². The minimum atomic E-state index is -0.955. The molecule has 2 N–H and O–H groups in total. The molecule has 1 aromatic heterocycles. The number of imide groups is 1. The van der Waals surface area contributed by atoms with Crippen molar-refractivity contribution < 1.29 is 19.5 Å². The average Bonchev–Trinajstić information content (AvgIpc) is 3.46. The Hall–Kier alpha value is -3.14. The van der Waals surface area contributed by atoms with Crippen LogP contribution in [0.1, 0.15) is 52.7 Å². The van der Waals surface area contributed by atoms with Crippen LogP contribution in [0.4, 0.5) is 0 Å². The topological polar surface area (TPSA) is 103 Å². The third-order valence-electron chi connectivity index (χ3n) is 7.58. The second-order valence-electron chi connectivity index (χ2n) is 9.70. The largest absolute Gasteiger partial charge is 0.385 e. The Morgan fingerprint density at radius 2 is 1.97 bits per heavy atom. The van der Waals surface area contributed by atoms with Crippen molar-refractivity contribution in [3.8, 4) is 0 Å². The minimum absolute atomic E-state index is 0.195. The molecule has 1 atom stereocenters. The fourth-order valence-electron chi connectivity index (χ4n) is 5.55. The molecule has 2 saturated heterocycles. The van der Waals surface area contributed by atoms with Gasteiger partial charge in [0.2, 0.25) is 11.8 Å². The third kappa shape index (κ3) is 3.93. The molecule has 3 amide bonds. The van der Waals surface area contributed by atoms with Crippen LogP contribution in [0.15, 0.2) is 41.9 Å². The number of aliphatic hydroxyl groups is 1. The van der Waals surface area contributed by atoms with Gasteiger partial charge in [0.05, 0.1) is 21.3 Å². The van der Waals surface area contributed by atoms with Gasteiger partial charge in [-0.1, -0.05) is 24.3 Å². The van der Waals surface area contributed by atoms with Crippen LogP contribution in [0.3, 0.4) is 0 Å². The molecule has 0 spiro atoms. The Morgan fingerprint density at radius 1 is 1.14 bits per heavy atom. The lowest BCUT2D eigenvalue weighted by atomic mass is 9.83. The minimum Gasteiger partial charge on any atom is -0.385 e. The number of carbonyl (C=O) groups is 3. The number of hydrogen-bond donors (Lipinski definition) is 2. The van der Waals surface area contributed by atoms with E-state index in [1.807, 2.05) is 17.6 Å². The fraction of sp³-hybridized carbons (Fsp3) is 0.385. The zero-order valence-corrected chi connectivity index (χ0v) is 20.0. The summed E-state index contributed by atoms with van der Waals surface area (Å²) in [6.07, 6.45) is 1.77. The van der Waals surface area contributed by atoms with E-state index in [-0.39, 0.29) is 18.2 Å². The lowest BCUT2D eigenvalue weighted by Gasteiger charge is -2.38. The van der Waals surface area contributed by atoms with Gasteiger partial charge in [0, 0.05) is 38.2 Å². The summed E-state index contributed by atoms with van der Waals surface area (Å²) < 4.78 is 1.19. The number of benzene rings is 2. The van der Waals surface area contributed by atoms with Crippen LogP contribution in [0, 0.1) is 0 Å². The van der Waals surface area contributed by atoms with Crippen molar-refractivity contribution in [2.24, 2.45) is 0 Å². The molecular weight excluding hydrogens is 464 g/mol. The summed E-state index contributed by atoms with van der Waals surface area (Å²) in [4.78, 5) is 45.2. The lowest BCUT2D eigenvalue weighted by molar-refractivity contribution is -0.136. The number of amides is 3. The number of nitrogens with one attached hydrogen (secondary N) is 1. The molecule has 35 heavy (non-hydrogen) atoms. The molecule has 0 radical (unpaired) electrons. The molecule has 6 rings (SSSR count). The molecule has 1 unspecified atom stereocenters. The molecular formula is C26H26N4O4S. The number of aromatic nitrogens is 1. The van der Waals surface area contributed by atoms with Crippen LogP contribution < -0.4 is 5.32 Å². The fourth-order valence-corrected chi connectivity index (χ4v) is 6.27. The van der Waals surface area contributed by atoms with Crippen LogP contribution in [0.2, 0.25) is 0 Å². The SMILES string of the molecule is O=C1CCC(N2Cc3cc(C4(O)CCN(Cc5cccc6scnc56)CC4)ccc3C2=O)C(=O)N1. The first-order valence-corrected chi connectivity index (χ1v) is 12.8. The highest BCUT2D eigenvalue weighted by Gasteiger charge is 2.40. The molecule has 9 heteroatoms. The van der Waals surface area contributed by atoms with E-state index in [2.05, 4.69) is 33.4 Å². The van der Waals surface area contributed by atoms with E-state index >= 15 is 0 Å². The standard InChI is InChI=1S/C26H26N4O4S/c31-22-7-6-20(24(32)28-22)30-14-17-12-18(4-5-19(17)25(30)33)26(34)8-10-29(11-9-26)13-16-2-1-3-21-23(16)27-15-35-21/h1-5,12,15,20,34H,6-11,13-14H2,(H,28,31,32). The molecule has 0 aliphatic carbocycles. The smallest absolute Gasteiger partial charge is 0.255 e. The first-order valence-electron chi connectivity index (χ1n) is 12.0. The molecule has 2 fully saturated rings. The number of rotatable bonds is 4. The molecule has 8 nitrogen and oxygen atoms in total. The van der Waals surface area contributed by atoms with E-state index in [0.29, 0.717) is 31.4 Å². The number of para-hydroxylation sites is 1. The zero-order valence-electron chi connectivity index (χ0n) is 19.2. The number of likely N-dealkylation sites (tertiary alicyclic amines) is 1. The summed E-state index contributed by atoms with van der Waals surface area (Å²) in [5, 5.41) is 13.8. The van der Waals surface area contributed by atoms with Gasteiger partial charge < -0.3 is 10.0 Å². The number of fused-ring (bicyclic) bond motifs is 2. The van der Waals surface area contributed by atoms with Gasteiger partial charge in [-0.2, -0.15) is 0 Å². The van der Waals surface area contributed by atoms with Crippen molar-refractivity contribution in [2.45, 2.75) is 50.4 Å². The average molecular weight is 491 g/mol. The number of carbonyl (C=O) groups excluding carboxylic acids is 3. The second kappa shape index (κ2) is 8.51. The summed E-state index contributed by atoms with van der Waals surface area (Å²) in [5.41, 5.74) is 5.39. The van der Waals surface area contributed by atoms with E-state index in [1.54, 1.807) is 22.3 Å². The van der Waals surface area contributed by atoms with Crippen LogP contribution in [0.5, 0.6) is 0 Å². The molecule has 0 bridgehead atoms. The van der Waals surface area contributed by atoms with E-state index in [1.165, 1.54) is 10.3 Å². The van der Waals surface area contributed by atoms with Crippen LogP contribution in [-0.2, 0) is 28.3 Å². The van der Waals surface area contributed by atoms with E-state index in [4.69, 9.17) is 0 Å². The summed E-state index contributed by atoms with van der Waals surface area (Å²) >= 11 is 1.65. The van der Waals surface area contributed by atoms with Crippen molar-refractivity contribution in [1.82, 2.24) is 20.1 Å². The van der Waals surface area contributed by atoms with Crippen LogP contribution >= 0.6 is 11.3 Å². The summed E-state index contributed by atoms with van der Waals surface area (Å²) in [7, 11) is 0. The van der Waals surface area contributed by atoms with Crippen molar-refractivity contribution >= 4 is 39.3 Å². The predicted molar refractivity (Wildman–Crippen MR) is 131 cm³/mol. The van der Waals surface area contributed by atoms with E-state index in [0.717, 1.165) is 36.3 Å². The highest BCUT2D eigenvalue weighted by molar-refractivity contribution is 7.16. The van der Waals surface area contributed by atoms with E-state index < -0.39 is 17.6 Å². The number of thiazole rings is 1. The van der Waals surface area contributed by atoms with Gasteiger partial charge in [-0.25, -0.2) is 4.98 Å². The maximum Gasteiger partial charge on any atom is 0.255 e. The van der Waals surface area contributed by atoms with Crippen molar-refractivity contribution in [3.05, 3.63) is 64.2 Å². The first-order chi connectivity index (χ1) is 16.9. The summed E-state index contributed by atoms with van der Waals surface area (Å²) in [6.45, 7) is 2.63. The molecule has 2 aromatic carbocycles. The van der Waals surface area contributed by atoms with Gasteiger partial charge >= 0.3 is 0 Å². The molecule has 3 aromatic rings. The number of nitrogens with zero attached hydrogens (tertiary/aromatic N) is 3. The highest BCUT2D eigenvalue weighted by atomic mass is 32.1.